The van der Waals surface area contributed by atoms with Gasteiger partial charge in [-0.15, -0.1) is 0 Å². The van der Waals surface area contributed by atoms with E-state index in [1.807, 2.05) is 0 Å². The zero-order valence-corrected chi connectivity index (χ0v) is 15.6. The van der Waals surface area contributed by atoms with Gasteiger partial charge >= 0.3 is 5.69 Å². The van der Waals surface area contributed by atoms with Crippen LogP contribution in [0.25, 0.3) is 22.2 Å². The molecule has 0 unspecified atom stereocenters. The maximum Gasteiger partial charge on any atom is 0.348 e. The molecule has 0 atom stereocenters. The second-order valence-electron chi connectivity index (χ2n) is 6.06. The Hall–Kier alpha value is -2.24. The van der Waals surface area contributed by atoms with E-state index in [1.165, 1.54) is 6.07 Å². The molecule has 1 aromatic heterocycles. The molecule has 0 aliphatic rings. The van der Waals surface area contributed by atoms with Crippen molar-refractivity contribution in [1.82, 2.24) is 14.5 Å². The van der Waals surface area contributed by atoms with Gasteiger partial charge in [-0.25, -0.2) is 9.18 Å². The van der Waals surface area contributed by atoms with Gasteiger partial charge in [0.2, 0.25) is 0 Å². The van der Waals surface area contributed by atoms with E-state index in [-0.39, 0.29) is 5.69 Å². The number of halogens is 2. The van der Waals surface area contributed by atoms with E-state index < -0.39 is 5.82 Å². The van der Waals surface area contributed by atoms with Gasteiger partial charge in [0.05, 0.1) is 11.2 Å². The summed E-state index contributed by atoms with van der Waals surface area (Å²) in [5, 5.41) is 1.19. The van der Waals surface area contributed by atoms with Gasteiger partial charge in [-0.1, -0.05) is 37.6 Å². The average molecular weight is 374 g/mol. The maximum atomic E-state index is 14.3. The molecular formula is C20H21ClFN3O. The first-order valence-electron chi connectivity index (χ1n) is 8.72. The first-order valence-corrected chi connectivity index (χ1v) is 9.10. The molecular weight excluding hydrogens is 353 g/mol. The summed E-state index contributed by atoms with van der Waals surface area (Å²) < 4.78 is 15.9. The van der Waals surface area contributed by atoms with Gasteiger partial charge in [-0.3, -0.25) is 4.57 Å². The molecule has 26 heavy (non-hydrogen) atoms. The fraction of sp³-hybridized carbons (Fsp3) is 0.300. The second-order valence-corrected chi connectivity index (χ2v) is 6.50. The Morgan fingerprint density at radius 3 is 2.58 bits per heavy atom. The smallest absolute Gasteiger partial charge is 0.302 e. The molecule has 6 heteroatoms. The number of likely N-dealkylation sites (N-methyl/N-ethyl adjacent to an activating group) is 1. The Bertz CT molecular complexity index is 982. The molecule has 3 aromatic rings. The first-order chi connectivity index (χ1) is 12.5. The van der Waals surface area contributed by atoms with Gasteiger partial charge in [-0.2, -0.15) is 4.98 Å². The van der Waals surface area contributed by atoms with E-state index in [9.17, 15) is 9.18 Å². The van der Waals surface area contributed by atoms with E-state index >= 15 is 0 Å². The van der Waals surface area contributed by atoms with Crippen LogP contribution in [0.1, 0.15) is 13.8 Å². The number of hydrogen-bond acceptors (Lipinski definition) is 3. The summed E-state index contributed by atoms with van der Waals surface area (Å²) in [7, 11) is 0. The molecule has 0 bridgehead atoms. The van der Waals surface area contributed by atoms with Crippen LogP contribution in [-0.4, -0.2) is 34.1 Å². The van der Waals surface area contributed by atoms with E-state index in [1.54, 1.807) is 41.0 Å². The topological polar surface area (TPSA) is 38.1 Å². The lowest BCUT2D eigenvalue weighted by atomic mass is 10.1. The van der Waals surface area contributed by atoms with Crippen LogP contribution < -0.4 is 5.69 Å². The van der Waals surface area contributed by atoms with Crippen molar-refractivity contribution in [2.24, 2.45) is 0 Å². The van der Waals surface area contributed by atoms with Gasteiger partial charge in [0.25, 0.3) is 0 Å². The van der Waals surface area contributed by atoms with Crippen LogP contribution in [-0.2, 0) is 6.54 Å². The predicted molar refractivity (Wildman–Crippen MR) is 104 cm³/mol. The van der Waals surface area contributed by atoms with Crippen molar-refractivity contribution in [2.45, 2.75) is 20.4 Å². The van der Waals surface area contributed by atoms with Gasteiger partial charge < -0.3 is 4.90 Å². The molecule has 136 valence electrons. The molecule has 0 amide bonds. The molecule has 1 heterocycles. The Morgan fingerprint density at radius 2 is 1.88 bits per heavy atom. The Morgan fingerprint density at radius 1 is 1.15 bits per heavy atom. The van der Waals surface area contributed by atoms with Gasteiger partial charge in [0.1, 0.15) is 5.82 Å². The monoisotopic (exact) mass is 373 g/mol. The van der Waals surface area contributed by atoms with Gasteiger partial charge in [0, 0.05) is 29.1 Å². The third kappa shape index (κ3) is 3.64. The van der Waals surface area contributed by atoms with Crippen molar-refractivity contribution < 1.29 is 4.39 Å². The molecule has 2 aromatic carbocycles. The van der Waals surface area contributed by atoms with Crippen molar-refractivity contribution in [2.75, 3.05) is 19.6 Å². The van der Waals surface area contributed by atoms with Crippen molar-refractivity contribution >= 4 is 22.5 Å². The average Bonchev–Trinajstić information content (AvgIpc) is 2.64. The lowest BCUT2D eigenvalue weighted by Gasteiger charge is -2.20. The first kappa shape index (κ1) is 18.5. The molecule has 0 aliphatic heterocycles. The fourth-order valence-corrected chi connectivity index (χ4v) is 3.28. The second kappa shape index (κ2) is 7.98. The third-order valence-electron chi connectivity index (χ3n) is 4.61. The van der Waals surface area contributed by atoms with E-state index in [0.717, 1.165) is 19.6 Å². The zero-order chi connectivity index (χ0) is 18.7. The minimum atomic E-state index is -0.415. The highest BCUT2D eigenvalue weighted by atomic mass is 35.5. The number of benzene rings is 2. The summed E-state index contributed by atoms with van der Waals surface area (Å²) in [4.78, 5) is 19.1. The van der Waals surface area contributed by atoms with Gasteiger partial charge in [-0.05, 0) is 43.4 Å². The minimum absolute atomic E-state index is 0.299. The highest BCUT2D eigenvalue weighted by Gasteiger charge is 2.15. The molecule has 3 rings (SSSR count). The molecule has 0 saturated carbocycles. The number of aromatic nitrogens is 2. The standard InChI is InChI=1S/C20H21ClFN3O/c1-3-24(4-2)11-12-25-18-10-9-14(21)13-16(18)19(23-20(25)26)15-7-5-6-8-17(15)22/h5-10,13H,3-4,11-12H2,1-2H3. The van der Waals surface area contributed by atoms with Crippen molar-refractivity contribution in [3.8, 4) is 11.3 Å². The molecule has 0 radical (unpaired) electrons. The van der Waals surface area contributed by atoms with Crippen molar-refractivity contribution in [1.29, 1.82) is 0 Å². The summed E-state index contributed by atoms with van der Waals surface area (Å²) in [5.74, 6) is -0.415. The lowest BCUT2D eigenvalue weighted by molar-refractivity contribution is 0.290. The number of fused-ring (bicyclic) bond motifs is 1. The van der Waals surface area contributed by atoms with E-state index in [0.29, 0.717) is 33.7 Å². The third-order valence-corrected chi connectivity index (χ3v) is 4.84. The van der Waals surface area contributed by atoms with Crippen LogP contribution in [0.2, 0.25) is 5.02 Å². The van der Waals surface area contributed by atoms with Crippen LogP contribution in [0.3, 0.4) is 0 Å². The fourth-order valence-electron chi connectivity index (χ4n) is 3.11. The molecule has 0 fully saturated rings. The number of nitrogens with zero attached hydrogens (tertiary/aromatic N) is 3. The van der Waals surface area contributed by atoms with Gasteiger partial charge in [0.15, 0.2) is 0 Å². The van der Waals surface area contributed by atoms with Crippen LogP contribution >= 0.6 is 11.6 Å². The normalized spacial score (nSPS) is 11.4. The molecule has 0 spiro atoms. The Balaban J connectivity index is 2.18. The molecule has 0 aliphatic carbocycles. The summed E-state index contributed by atoms with van der Waals surface area (Å²) in [6.45, 7) is 7.26. The molecule has 0 N–H and O–H groups in total. The summed E-state index contributed by atoms with van der Waals surface area (Å²) in [6, 6.07) is 11.6. The van der Waals surface area contributed by atoms with Crippen LogP contribution in [0.4, 0.5) is 4.39 Å². The predicted octanol–water partition coefficient (Wildman–Crippen LogP) is 4.20. The SMILES string of the molecule is CCN(CC)CCn1c(=O)nc(-c2ccccc2F)c2cc(Cl)ccc21. The summed E-state index contributed by atoms with van der Waals surface area (Å²) in [5.41, 5.74) is 0.947. The molecule has 4 nitrogen and oxygen atoms in total. The van der Waals surface area contributed by atoms with Crippen LogP contribution in [0.5, 0.6) is 0 Å². The maximum absolute atomic E-state index is 14.3. The summed E-state index contributed by atoms with van der Waals surface area (Å²) >= 11 is 6.17. The van der Waals surface area contributed by atoms with E-state index in [4.69, 9.17) is 11.6 Å². The minimum Gasteiger partial charge on any atom is -0.302 e. The molecule has 0 saturated heterocycles. The summed E-state index contributed by atoms with van der Waals surface area (Å²) in [6.07, 6.45) is 0. The van der Waals surface area contributed by atoms with E-state index in [2.05, 4.69) is 23.7 Å². The largest absolute Gasteiger partial charge is 0.348 e. The van der Waals surface area contributed by atoms with Crippen LogP contribution in [0, 0.1) is 5.82 Å². The van der Waals surface area contributed by atoms with Crippen molar-refractivity contribution in [3.05, 3.63) is 63.8 Å². The quantitative estimate of drug-likeness (QED) is 0.650. The van der Waals surface area contributed by atoms with Crippen LogP contribution in [0.15, 0.2) is 47.3 Å². The number of hydrogen-bond donors (Lipinski definition) is 0. The number of rotatable bonds is 6. The zero-order valence-electron chi connectivity index (χ0n) is 14.9. The van der Waals surface area contributed by atoms with Crippen molar-refractivity contribution in [3.63, 3.8) is 0 Å². The Labute approximate surface area is 156 Å². The highest BCUT2D eigenvalue weighted by molar-refractivity contribution is 6.31. The Kier molecular flexibility index (Phi) is 5.69. The lowest BCUT2D eigenvalue weighted by Crippen LogP contribution is -2.32. The highest BCUT2D eigenvalue weighted by Crippen LogP contribution is 2.29.